The van der Waals surface area contributed by atoms with Crippen molar-refractivity contribution in [2.24, 2.45) is 0 Å². The van der Waals surface area contributed by atoms with Gasteiger partial charge in [0.1, 0.15) is 11.5 Å². The summed E-state index contributed by atoms with van der Waals surface area (Å²) in [4.78, 5) is 23.8. The second-order valence-corrected chi connectivity index (χ2v) is 5.55. The van der Waals surface area contributed by atoms with Gasteiger partial charge in [-0.15, -0.1) is 0 Å². The zero-order chi connectivity index (χ0) is 18.1. The predicted molar refractivity (Wildman–Crippen MR) is 94.8 cm³/mol. The van der Waals surface area contributed by atoms with Crippen LogP contribution in [-0.2, 0) is 4.79 Å². The van der Waals surface area contributed by atoms with Crippen molar-refractivity contribution in [3.8, 4) is 11.5 Å². The molecule has 0 saturated carbocycles. The minimum absolute atomic E-state index is 0.227. The van der Waals surface area contributed by atoms with Crippen LogP contribution in [0.1, 0.15) is 23.2 Å². The zero-order valence-corrected chi connectivity index (χ0v) is 14.5. The molecular weight excluding hydrogens is 344 g/mol. The van der Waals surface area contributed by atoms with Crippen molar-refractivity contribution in [3.63, 3.8) is 0 Å². The molecule has 0 unspecified atom stereocenters. The summed E-state index contributed by atoms with van der Waals surface area (Å²) in [6, 6.07) is 14.0. The van der Waals surface area contributed by atoms with Crippen LogP contribution in [0.4, 0.5) is 0 Å². The molecule has 0 aliphatic rings. The van der Waals surface area contributed by atoms with Crippen LogP contribution in [0.15, 0.2) is 48.5 Å². The van der Waals surface area contributed by atoms with Crippen LogP contribution < -0.4 is 20.3 Å². The molecule has 2 amide bonds. The highest BCUT2D eigenvalue weighted by molar-refractivity contribution is 6.30. The molecule has 2 N–H and O–H groups in total. The van der Waals surface area contributed by atoms with Crippen molar-refractivity contribution in [2.75, 3.05) is 13.7 Å². The summed E-state index contributed by atoms with van der Waals surface area (Å²) in [5, 5.41) is 0.454. The van der Waals surface area contributed by atoms with E-state index in [4.69, 9.17) is 21.1 Å². The molecule has 0 saturated heterocycles. The predicted octanol–water partition coefficient (Wildman–Crippen LogP) is 2.97. The third kappa shape index (κ3) is 6.00. The minimum Gasteiger partial charge on any atom is -0.496 e. The van der Waals surface area contributed by atoms with Crippen LogP contribution in [0.2, 0.25) is 5.02 Å². The van der Waals surface area contributed by atoms with Crippen LogP contribution in [0.3, 0.4) is 0 Å². The number of carbonyl (C=O) groups is 2. The fraction of sp³-hybridized carbons (Fsp3) is 0.222. The summed E-state index contributed by atoms with van der Waals surface area (Å²) in [5.74, 6) is 0.293. The smallest absolute Gasteiger partial charge is 0.273 e. The Balaban J connectivity index is 1.71. The van der Waals surface area contributed by atoms with E-state index in [1.807, 2.05) is 30.3 Å². The summed E-state index contributed by atoms with van der Waals surface area (Å²) in [5.41, 5.74) is 4.99. The number of halogens is 1. The first-order chi connectivity index (χ1) is 12.1. The van der Waals surface area contributed by atoms with Gasteiger partial charge in [-0.05, 0) is 36.8 Å². The summed E-state index contributed by atoms with van der Waals surface area (Å²) in [6.07, 6.45) is 0.756. The highest BCUT2D eigenvalue weighted by Crippen LogP contribution is 2.22. The number of para-hydroxylation sites is 1. The van der Waals surface area contributed by atoms with Crippen molar-refractivity contribution in [1.29, 1.82) is 0 Å². The molecule has 0 bridgehead atoms. The Morgan fingerprint density at radius 2 is 1.84 bits per heavy atom. The van der Waals surface area contributed by atoms with Gasteiger partial charge in [0.25, 0.3) is 5.91 Å². The number of ether oxygens (including phenoxy) is 2. The Bertz CT molecular complexity index is 722. The van der Waals surface area contributed by atoms with E-state index in [9.17, 15) is 9.59 Å². The van der Waals surface area contributed by atoms with Gasteiger partial charge in [-0.25, -0.2) is 0 Å². The lowest BCUT2D eigenvalue weighted by molar-refractivity contribution is -0.122. The second-order valence-electron chi connectivity index (χ2n) is 5.11. The lowest BCUT2D eigenvalue weighted by Gasteiger charge is -2.11. The standard InChI is InChI=1S/C18H19ClN2O4/c1-24-16-12-13(19)9-10-15(16)18(23)21-20-17(22)8-5-11-25-14-6-3-2-4-7-14/h2-4,6-7,9-10,12H,5,8,11H2,1H3,(H,20,22)(H,21,23). The molecule has 7 heteroatoms. The first-order valence-corrected chi connectivity index (χ1v) is 8.08. The van der Waals surface area contributed by atoms with Crippen molar-refractivity contribution < 1.29 is 19.1 Å². The minimum atomic E-state index is -0.484. The van der Waals surface area contributed by atoms with E-state index in [2.05, 4.69) is 10.9 Å². The van der Waals surface area contributed by atoms with E-state index in [1.54, 1.807) is 6.07 Å². The second kappa shape index (κ2) is 9.54. The number of hydrogen-bond acceptors (Lipinski definition) is 4. The monoisotopic (exact) mass is 362 g/mol. The van der Waals surface area contributed by atoms with Crippen LogP contribution in [0.25, 0.3) is 0 Å². The van der Waals surface area contributed by atoms with E-state index < -0.39 is 5.91 Å². The van der Waals surface area contributed by atoms with E-state index >= 15 is 0 Å². The summed E-state index contributed by atoms with van der Waals surface area (Å²) in [7, 11) is 1.44. The Morgan fingerprint density at radius 3 is 2.56 bits per heavy atom. The van der Waals surface area contributed by atoms with Gasteiger partial charge >= 0.3 is 0 Å². The first kappa shape index (κ1) is 18.6. The molecule has 0 atom stereocenters. The highest BCUT2D eigenvalue weighted by atomic mass is 35.5. The number of methoxy groups -OCH3 is 1. The lowest BCUT2D eigenvalue weighted by Crippen LogP contribution is -2.41. The third-order valence-corrected chi connectivity index (χ3v) is 3.52. The molecule has 2 aromatic carbocycles. The summed E-state index contributed by atoms with van der Waals surface area (Å²) < 4.78 is 10.6. The first-order valence-electron chi connectivity index (χ1n) is 7.70. The molecule has 0 spiro atoms. The van der Waals surface area contributed by atoms with Gasteiger partial charge < -0.3 is 9.47 Å². The maximum Gasteiger partial charge on any atom is 0.273 e. The maximum absolute atomic E-state index is 12.1. The molecule has 0 aliphatic carbocycles. The van der Waals surface area contributed by atoms with Crippen molar-refractivity contribution in [1.82, 2.24) is 10.9 Å². The Morgan fingerprint density at radius 1 is 1.08 bits per heavy atom. The topological polar surface area (TPSA) is 76.7 Å². The average Bonchev–Trinajstić information content (AvgIpc) is 2.64. The average molecular weight is 363 g/mol. The maximum atomic E-state index is 12.1. The molecule has 132 valence electrons. The Kier molecular flexibility index (Phi) is 7.10. The molecule has 0 fully saturated rings. The van der Waals surface area contributed by atoms with E-state index in [0.717, 1.165) is 5.75 Å². The van der Waals surface area contributed by atoms with Crippen molar-refractivity contribution >= 4 is 23.4 Å². The molecule has 0 aliphatic heterocycles. The zero-order valence-electron chi connectivity index (χ0n) is 13.8. The van der Waals surface area contributed by atoms with Gasteiger partial charge in [-0.3, -0.25) is 20.4 Å². The van der Waals surface area contributed by atoms with Crippen molar-refractivity contribution in [2.45, 2.75) is 12.8 Å². The van der Waals surface area contributed by atoms with E-state index in [0.29, 0.717) is 23.8 Å². The highest BCUT2D eigenvalue weighted by Gasteiger charge is 2.13. The van der Waals surface area contributed by atoms with Gasteiger partial charge in [0.05, 0.1) is 19.3 Å². The normalized spacial score (nSPS) is 10.0. The number of amides is 2. The van der Waals surface area contributed by atoms with Gasteiger partial charge in [0, 0.05) is 11.4 Å². The van der Waals surface area contributed by atoms with Gasteiger partial charge in [-0.1, -0.05) is 29.8 Å². The number of hydrazine groups is 1. The van der Waals surface area contributed by atoms with E-state index in [1.165, 1.54) is 19.2 Å². The molecule has 25 heavy (non-hydrogen) atoms. The molecule has 6 nitrogen and oxygen atoms in total. The fourth-order valence-corrected chi connectivity index (χ4v) is 2.21. The van der Waals surface area contributed by atoms with Crippen LogP contribution >= 0.6 is 11.6 Å². The molecule has 0 heterocycles. The molecule has 2 rings (SSSR count). The number of rotatable bonds is 7. The quantitative estimate of drug-likeness (QED) is 0.586. The van der Waals surface area contributed by atoms with Gasteiger partial charge in [0.15, 0.2) is 0 Å². The molecule has 0 radical (unpaired) electrons. The van der Waals surface area contributed by atoms with Crippen LogP contribution in [0.5, 0.6) is 11.5 Å². The molecular formula is C18H19ClN2O4. The summed E-state index contributed by atoms with van der Waals surface area (Å²) >= 11 is 5.85. The Labute approximate surface area is 151 Å². The largest absolute Gasteiger partial charge is 0.496 e. The number of hydrogen-bond donors (Lipinski definition) is 2. The fourth-order valence-electron chi connectivity index (χ4n) is 2.05. The molecule has 0 aromatic heterocycles. The molecule has 2 aromatic rings. The van der Waals surface area contributed by atoms with Crippen LogP contribution in [0, 0.1) is 0 Å². The van der Waals surface area contributed by atoms with Gasteiger partial charge in [-0.2, -0.15) is 0 Å². The summed E-state index contributed by atoms with van der Waals surface area (Å²) in [6.45, 7) is 0.413. The van der Waals surface area contributed by atoms with Crippen LogP contribution in [-0.4, -0.2) is 25.5 Å². The van der Waals surface area contributed by atoms with Crippen molar-refractivity contribution in [3.05, 3.63) is 59.1 Å². The number of carbonyl (C=O) groups excluding carboxylic acids is 2. The Hall–Kier alpha value is -2.73. The van der Waals surface area contributed by atoms with Gasteiger partial charge in [0.2, 0.25) is 5.91 Å². The lowest BCUT2D eigenvalue weighted by atomic mass is 10.2. The number of benzene rings is 2. The number of nitrogens with one attached hydrogen (secondary N) is 2. The van der Waals surface area contributed by atoms with E-state index in [-0.39, 0.29) is 17.9 Å². The third-order valence-electron chi connectivity index (χ3n) is 3.28. The SMILES string of the molecule is COc1cc(Cl)ccc1C(=O)NNC(=O)CCCOc1ccccc1.